The minimum Gasteiger partial charge on any atom is -0.497 e. The lowest BCUT2D eigenvalue weighted by molar-refractivity contribution is 0.287. The molecule has 0 atom stereocenters. The van der Waals surface area contributed by atoms with Gasteiger partial charge in [0.05, 0.1) is 13.3 Å². The van der Waals surface area contributed by atoms with Gasteiger partial charge in [-0.3, -0.25) is 0 Å². The molecular formula is C15H8F4N2O2. The average molecular weight is 324 g/mol. The molecule has 0 spiro atoms. The Bertz CT molecular complexity index is 770. The van der Waals surface area contributed by atoms with E-state index < -0.39 is 34.6 Å². The number of nitriles is 1. The molecule has 0 bridgehead atoms. The highest BCUT2D eigenvalue weighted by Gasteiger charge is 2.27. The van der Waals surface area contributed by atoms with Crippen LogP contribution in [0.25, 0.3) is 0 Å². The molecule has 0 amide bonds. The molecule has 0 fully saturated rings. The predicted molar refractivity (Wildman–Crippen MR) is 72.2 cm³/mol. The Morgan fingerprint density at radius 2 is 1.57 bits per heavy atom. The molecule has 0 radical (unpaired) electrons. The van der Waals surface area contributed by atoms with Gasteiger partial charge in [0.2, 0.25) is 17.4 Å². The number of ether oxygens (including phenoxy) is 1. The third kappa shape index (κ3) is 3.23. The van der Waals surface area contributed by atoms with Gasteiger partial charge in [0.15, 0.2) is 11.6 Å². The summed E-state index contributed by atoms with van der Waals surface area (Å²) in [6.07, 6.45) is 1.08. The lowest BCUT2D eigenvalue weighted by Crippen LogP contribution is -2.04. The smallest absolute Gasteiger partial charge is 0.235 e. The Morgan fingerprint density at radius 1 is 1.00 bits per heavy atom. The van der Waals surface area contributed by atoms with Gasteiger partial charge in [0.25, 0.3) is 0 Å². The van der Waals surface area contributed by atoms with Crippen LogP contribution in [0.5, 0.6) is 11.5 Å². The Labute approximate surface area is 128 Å². The number of nitrogens with zero attached hydrogens (tertiary/aromatic N) is 2. The van der Waals surface area contributed by atoms with Crippen LogP contribution in [0, 0.1) is 34.6 Å². The van der Waals surface area contributed by atoms with Crippen LogP contribution in [0.2, 0.25) is 0 Å². The molecule has 0 unspecified atom stereocenters. The third-order valence-corrected chi connectivity index (χ3v) is 2.80. The molecule has 23 heavy (non-hydrogen) atoms. The predicted octanol–water partition coefficient (Wildman–Crippen LogP) is 3.54. The zero-order chi connectivity index (χ0) is 17.0. The number of oxime groups is 1. The van der Waals surface area contributed by atoms with E-state index in [4.69, 9.17) is 10.00 Å². The van der Waals surface area contributed by atoms with Crippen LogP contribution in [0.3, 0.4) is 0 Å². The number of hydrogen-bond donors (Lipinski definition) is 0. The molecule has 2 rings (SSSR count). The third-order valence-electron chi connectivity index (χ3n) is 2.80. The highest BCUT2D eigenvalue weighted by Crippen LogP contribution is 2.29. The van der Waals surface area contributed by atoms with Gasteiger partial charge in [0, 0.05) is 0 Å². The average Bonchev–Trinajstić information content (AvgIpc) is 2.57. The van der Waals surface area contributed by atoms with Crippen LogP contribution in [-0.4, -0.2) is 13.3 Å². The fraction of sp³-hybridized carbons (Fsp3) is 0.0667. The van der Waals surface area contributed by atoms with Gasteiger partial charge < -0.3 is 9.57 Å². The molecule has 118 valence electrons. The summed E-state index contributed by atoms with van der Waals surface area (Å²) in [4.78, 5) is 4.39. The zero-order valence-electron chi connectivity index (χ0n) is 11.6. The monoisotopic (exact) mass is 324 g/mol. The summed E-state index contributed by atoms with van der Waals surface area (Å²) >= 11 is 0. The molecular weight excluding hydrogens is 316 g/mol. The molecule has 2 aromatic rings. The summed E-state index contributed by atoms with van der Waals surface area (Å²) in [5.74, 6) is -8.16. The van der Waals surface area contributed by atoms with Crippen LogP contribution in [0.4, 0.5) is 17.6 Å². The number of benzene rings is 2. The van der Waals surface area contributed by atoms with Crippen molar-refractivity contribution >= 4 is 6.21 Å². The van der Waals surface area contributed by atoms with Crippen LogP contribution >= 0.6 is 0 Å². The van der Waals surface area contributed by atoms with E-state index in [0.29, 0.717) is 11.3 Å². The van der Waals surface area contributed by atoms with Crippen molar-refractivity contribution in [2.24, 2.45) is 5.16 Å². The van der Waals surface area contributed by atoms with E-state index >= 15 is 0 Å². The molecule has 2 aromatic carbocycles. The van der Waals surface area contributed by atoms with Crippen LogP contribution in [0.15, 0.2) is 29.4 Å². The second-order valence-electron chi connectivity index (χ2n) is 4.17. The van der Waals surface area contributed by atoms with Crippen LogP contribution in [-0.2, 0) is 0 Å². The first-order valence-corrected chi connectivity index (χ1v) is 6.10. The minimum atomic E-state index is -1.85. The molecule has 0 aromatic heterocycles. The van der Waals surface area contributed by atoms with Crippen molar-refractivity contribution in [2.75, 3.05) is 7.11 Å². The normalized spacial score (nSPS) is 10.6. The van der Waals surface area contributed by atoms with Crippen molar-refractivity contribution in [1.82, 2.24) is 0 Å². The minimum absolute atomic E-state index is 0.487. The molecule has 0 heterocycles. The number of methoxy groups -OCH3 is 1. The van der Waals surface area contributed by atoms with Crippen molar-refractivity contribution in [3.8, 4) is 17.6 Å². The SMILES string of the molecule is COc1ccc(/C=N/Oc2c(F)c(F)c(C#N)c(F)c2F)cc1. The summed E-state index contributed by atoms with van der Waals surface area (Å²) in [5, 5.41) is 11.7. The second-order valence-corrected chi connectivity index (χ2v) is 4.17. The van der Waals surface area contributed by atoms with Gasteiger partial charge in [0.1, 0.15) is 17.4 Å². The fourth-order valence-corrected chi connectivity index (χ4v) is 1.62. The summed E-state index contributed by atoms with van der Waals surface area (Å²) < 4.78 is 58.8. The van der Waals surface area contributed by atoms with Gasteiger partial charge in [-0.05, 0) is 29.8 Å². The largest absolute Gasteiger partial charge is 0.497 e. The topological polar surface area (TPSA) is 54.6 Å². The Kier molecular flexibility index (Phi) is 4.81. The van der Waals surface area contributed by atoms with E-state index in [1.807, 2.05) is 0 Å². The highest BCUT2D eigenvalue weighted by atomic mass is 19.2. The lowest BCUT2D eigenvalue weighted by Gasteiger charge is -2.05. The zero-order valence-corrected chi connectivity index (χ0v) is 11.6. The summed E-state index contributed by atoms with van der Waals surface area (Å²) in [6.45, 7) is 0. The maximum absolute atomic E-state index is 13.6. The van der Waals surface area contributed by atoms with Gasteiger partial charge in [-0.1, -0.05) is 5.16 Å². The molecule has 0 saturated heterocycles. The van der Waals surface area contributed by atoms with E-state index in [9.17, 15) is 17.6 Å². The van der Waals surface area contributed by atoms with Crippen LogP contribution in [0.1, 0.15) is 11.1 Å². The molecule has 8 heteroatoms. The first-order chi connectivity index (χ1) is 11.0. The van der Waals surface area contributed by atoms with Gasteiger partial charge in [-0.2, -0.15) is 14.0 Å². The van der Waals surface area contributed by atoms with E-state index in [1.54, 1.807) is 24.3 Å². The quantitative estimate of drug-likeness (QED) is 0.374. The summed E-state index contributed by atoms with van der Waals surface area (Å²) in [7, 11) is 1.48. The lowest BCUT2D eigenvalue weighted by atomic mass is 10.2. The second kappa shape index (κ2) is 6.79. The van der Waals surface area contributed by atoms with Gasteiger partial charge >= 0.3 is 0 Å². The first kappa shape index (κ1) is 16.3. The maximum atomic E-state index is 13.6. The number of hydrogen-bond acceptors (Lipinski definition) is 4. The molecule has 0 N–H and O–H groups in total. The standard InChI is InChI=1S/C15H8F4N2O2/c1-22-9-4-2-8(3-5-9)7-21-23-15-13(18)11(16)10(6-20)12(17)14(15)19/h2-5,7H,1H3/b21-7+. The fourth-order valence-electron chi connectivity index (χ4n) is 1.62. The Morgan fingerprint density at radius 3 is 2.04 bits per heavy atom. The highest BCUT2D eigenvalue weighted by molar-refractivity contribution is 5.79. The maximum Gasteiger partial charge on any atom is 0.235 e. The van der Waals surface area contributed by atoms with E-state index in [-0.39, 0.29) is 0 Å². The van der Waals surface area contributed by atoms with E-state index in [1.165, 1.54) is 7.11 Å². The van der Waals surface area contributed by atoms with Crippen molar-refractivity contribution in [2.45, 2.75) is 0 Å². The molecule has 4 nitrogen and oxygen atoms in total. The van der Waals surface area contributed by atoms with E-state index in [0.717, 1.165) is 12.3 Å². The molecule has 0 aliphatic heterocycles. The first-order valence-electron chi connectivity index (χ1n) is 6.10. The molecule has 0 aliphatic rings. The van der Waals surface area contributed by atoms with Gasteiger partial charge in [-0.15, -0.1) is 0 Å². The number of halogens is 4. The van der Waals surface area contributed by atoms with Crippen molar-refractivity contribution in [3.63, 3.8) is 0 Å². The van der Waals surface area contributed by atoms with Gasteiger partial charge in [-0.25, -0.2) is 8.78 Å². The van der Waals surface area contributed by atoms with Crippen molar-refractivity contribution in [3.05, 3.63) is 58.7 Å². The molecule has 0 saturated carbocycles. The van der Waals surface area contributed by atoms with Crippen molar-refractivity contribution in [1.29, 1.82) is 5.26 Å². The Balaban J connectivity index is 2.27. The Hall–Kier alpha value is -3.08. The number of rotatable bonds is 4. The summed E-state index contributed by atoms with van der Waals surface area (Å²) in [5.41, 5.74) is -0.882. The van der Waals surface area contributed by atoms with Crippen molar-refractivity contribution < 1.29 is 27.1 Å². The summed E-state index contributed by atoms with van der Waals surface area (Å²) in [6, 6.07) is 7.37. The van der Waals surface area contributed by atoms with E-state index in [2.05, 4.69) is 9.99 Å². The molecule has 0 aliphatic carbocycles. The van der Waals surface area contributed by atoms with Crippen LogP contribution < -0.4 is 9.57 Å².